The zero-order chi connectivity index (χ0) is 17.3. The minimum absolute atomic E-state index is 0.0444. The highest BCUT2D eigenvalue weighted by molar-refractivity contribution is 8.14. The third-order valence-corrected chi connectivity index (χ3v) is 4.71. The number of hydrogen-bond acceptors (Lipinski definition) is 6. The molecule has 7 heteroatoms. The number of nitro benzene ring substituents is 1. The molecule has 2 aromatic carbocycles. The molecule has 0 saturated carbocycles. The molecule has 1 aliphatic rings. The molecule has 0 N–H and O–H groups in total. The van der Waals surface area contributed by atoms with Gasteiger partial charge in [-0.2, -0.15) is 0 Å². The first-order valence-corrected chi connectivity index (χ1v) is 8.07. The van der Waals surface area contributed by atoms with Crippen molar-refractivity contribution in [1.29, 1.82) is 0 Å². The van der Waals surface area contributed by atoms with Crippen molar-refractivity contribution in [3.63, 3.8) is 0 Å². The molecule has 0 aliphatic carbocycles. The molecule has 6 nitrogen and oxygen atoms in total. The van der Waals surface area contributed by atoms with Crippen molar-refractivity contribution in [2.45, 2.75) is 18.3 Å². The number of ether oxygens (including phenoxy) is 1. The van der Waals surface area contributed by atoms with E-state index in [9.17, 15) is 19.7 Å². The summed E-state index contributed by atoms with van der Waals surface area (Å²) in [6, 6.07) is 12.7. The van der Waals surface area contributed by atoms with E-state index in [0.717, 1.165) is 11.8 Å². The summed E-state index contributed by atoms with van der Waals surface area (Å²) in [6.07, 6.45) is -0.679. The fourth-order valence-corrected chi connectivity index (χ4v) is 3.51. The number of nitrogens with zero attached hydrogens (tertiary/aromatic N) is 1. The van der Waals surface area contributed by atoms with Crippen LogP contribution in [-0.4, -0.2) is 21.1 Å². The van der Waals surface area contributed by atoms with Crippen molar-refractivity contribution in [2.24, 2.45) is 0 Å². The predicted octanol–water partition coefficient (Wildman–Crippen LogP) is 3.56. The van der Waals surface area contributed by atoms with Crippen LogP contribution in [0.15, 0.2) is 48.5 Å². The number of thioether (sulfide) groups is 1. The van der Waals surface area contributed by atoms with Crippen molar-refractivity contribution in [3.05, 3.63) is 69.8 Å². The second-order valence-corrected chi connectivity index (χ2v) is 6.60. The van der Waals surface area contributed by atoms with E-state index in [1.165, 1.54) is 19.1 Å². The SMILES string of the molecule is CC(=O)S[C@H]1C(=O)c2ccccc2O[C@@H]1c1ccc([N+](=O)[O-])cc1. The van der Waals surface area contributed by atoms with Crippen LogP contribution >= 0.6 is 11.8 Å². The number of hydrogen-bond donors (Lipinski definition) is 0. The van der Waals surface area contributed by atoms with Gasteiger partial charge in [0.05, 0.1) is 10.5 Å². The molecule has 0 radical (unpaired) electrons. The van der Waals surface area contributed by atoms with E-state index in [-0.39, 0.29) is 16.6 Å². The van der Waals surface area contributed by atoms with Crippen LogP contribution in [0.25, 0.3) is 0 Å². The third-order valence-electron chi connectivity index (χ3n) is 3.67. The molecule has 0 unspecified atom stereocenters. The van der Waals surface area contributed by atoms with Crippen molar-refractivity contribution in [1.82, 2.24) is 0 Å². The van der Waals surface area contributed by atoms with Crippen LogP contribution in [0.3, 0.4) is 0 Å². The molecular formula is C17H13NO5S. The lowest BCUT2D eigenvalue weighted by Gasteiger charge is -2.31. The Morgan fingerprint density at radius 1 is 1.17 bits per heavy atom. The highest BCUT2D eigenvalue weighted by atomic mass is 32.2. The molecule has 2 aromatic rings. The Bertz CT molecular complexity index is 818. The van der Waals surface area contributed by atoms with Gasteiger partial charge in [-0.1, -0.05) is 23.9 Å². The van der Waals surface area contributed by atoms with Crippen molar-refractivity contribution < 1.29 is 19.2 Å². The zero-order valence-corrected chi connectivity index (χ0v) is 13.5. The first-order valence-electron chi connectivity index (χ1n) is 7.19. The Balaban J connectivity index is 2.01. The number of nitro groups is 1. The highest BCUT2D eigenvalue weighted by Crippen LogP contribution is 2.40. The predicted molar refractivity (Wildman–Crippen MR) is 89.3 cm³/mol. The van der Waals surface area contributed by atoms with Gasteiger partial charge in [-0.25, -0.2) is 0 Å². The lowest BCUT2D eigenvalue weighted by atomic mass is 9.95. The summed E-state index contributed by atoms with van der Waals surface area (Å²) in [7, 11) is 0. The van der Waals surface area contributed by atoms with Gasteiger partial charge in [0.1, 0.15) is 17.1 Å². The molecule has 0 spiro atoms. The molecule has 24 heavy (non-hydrogen) atoms. The molecular weight excluding hydrogens is 330 g/mol. The van der Waals surface area contributed by atoms with Crippen LogP contribution in [0.1, 0.15) is 28.9 Å². The molecule has 0 aromatic heterocycles. The van der Waals surface area contributed by atoms with Crippen LogP contribution in [0, 0.1) is 10.1 Å². The molecule has 3 rings (SSSR count). The van der Waals surface area contributed by atoms with Gasteiger partial charge in [0.25, 0.3) is 5.69 Å². The van der Waals surface area contributed by atoms with E-state index in [1.54, 1.807) is 36.4 Å². The minimum Gasteiger partial charge on any atom is -0.483 e. The number of non-ortho nitro benzene ring substituents is 1. The number of benzene rings is 2. The summed E-state index contributed by atoms with van der Waals surface area (Å²) in [5.74, 6) is 0.270. The number of rotatable bonds is 3. The monoisotopic (exact) mass is 343 g/mol. The standard InChI is InChI=1S/C17H13NO5S/c1-10(19)24-17-15(20)13-4-2-3-5-14(13)23-16(17)11-6-8-12(9-7-11)18(21)22/h2-9,16-17H,1H3/t16-,17+/m1/s1. The van der Waals surface area contributed by atoms with E-state index < -0.39 is 16.3 Å². The second kappa shape index (κ2) is 6.45. The lowest BCUT2D eigenvalue weighted by molar-refractivity contribution is -0.384. The van der Waals surface area contributed by atoms with Gasteiger partial charge in [0.2, 0.25) is 0 Å². The second-order valence-electron chi connectivity index (χ2n) is 5.28. The Kier molecular flexibility index (Phi) is 4.35. The number of fused-ring (bicyclic) bond motifs is 1. The quantitative estimate of drug-likeness (QED) is 0.625. The van der Waals surface area contributed by atoms with Gasteiger partial charge < -0.3 is 4.74 Å². The minimum atomic E-state index is -0.723. The molecule has 2 atom stereocenters. The van der Waals surface area contributed by atoms with Crippen LogP contribution in [-0.2, 0) is 4.79 Å². The summed E-state index contributed by atoms with van der Waals surface area (Å²) in [6.45, 7) is 1.39. The van der Waals surface area contributed by atoms with Crippen molar-refractivity contribution >= 4 is 28.3 Å². The Labute approximate surface area is 142 Å². The zero-order valence-electron chi connectivity index (χ0n) is 12.7. The first kappa shape index (κ1) is 16.2. The van der Waals surface area contributed by atoms with Gasteiger partial charge in [-0.3, -0.25) is 19.7 Å². The topological polar surface area (TPSA) is 86.5 Å². The molecule has 0 saturated heterocycles. The Hall–Kier alpha value is -2.67. The molecule has 0 bridgehead atoms. The number of Topliss-reactive ketones (excluding diaryl/α,β-unsaturated/α-hetero) is 1. The van der Waals surface area contributed by atoms with E-state index >= 15 is 0 Å². The fourth-order valence-electron chi connectivity index (χ4n) is 2.58. The summed E-state index contributed by atoms with van der Waals surface area (Å²) in [5.41, 5.74) is 1.01. The summed E-state index contributed by atoms with van der Waals surface area (Å²) in [4.78, 5) is 34.6. The molecule has 0 amide bonds. The van der Waals surface area contributed by atoms with Gasteiger partial charge >= 0.3 is 0 Å². The molecule has 1 aliphatic heterocycles. The maximum absolute atomic E-state index is 12.7. The van der Waals surface area contributed by atoms with Gasteiger partial charge in [-0.15, -0.1) is 0 Å². The summed E-state index contributed by atoms with van der Waals surface area (Å²) in [5, 5.41) is 9.87. The summed E-state index contributed by atoms with van der Waals surface area (Å²) < 4.78 is 5.94. The third kappa shape index (κ3) is 3.03. The average molecular weight is 343 g/mol. The number of carbonyl (C=O) groups is 2. The normalized spacial score (nSPS) is 19.3. The Morgan fingerprint density at radius 3 is 2.46 bits per heavy atom. The summed E-state index contributed by atoms with van der Waals surface area (Å²) >= 11 is 0.913. The average Bonchev–Trinajstić information content (AvgIpc) is 2.57. The first-order chi connectivity index (χ1) is 11.5. The van der Waals surface area contributed by atoms with Crippen molar-refractivity contribution in [3.8, 4) is 5.75 Å². The van der Waals surface area contributed by atoms with Crippen LogP contribution in [0.4, 0.5) is 5.69 Å². The van der Waals surface area contributed by atoms with Crippen LogP contribution in [0.2, 0.25) is 0 Å². The maximum Gasteiger partial charge on any atom is 0.269 e. The lowest BCUT2D eigenvalue weighted by Crippen LogP contribution is -2.34. The maximum atomic E-state index is 12.7. The van der Waals surface area contributed by atoms with Crippen LogP contribution in [0.5, 0.6) is 5.75 Å². The van der Waals surface area contributed by atoms with E-state index in [1.807, 2.05) is 0 Å². The van der Waals surface area contributed by atoms with Gasteiger partial charge in [-0.05, 0) is 29.8 Å². The van der Waals surface area contributed by atoms with Crippen LogP contribution < -0.4 is 4.74 Å². The van der Waals surface area contributed by atoms with Gasteiger partial charge in [0.15, 0.2) is 10.9 Å². The number of para-hydroxylation sites is 1. The molecule has 1 heterocycles. The largest absolute Gasteiger partial charge is 0.483 e. The van der Waals surface area contributed by atoms with E-state index in [4.69, 9.17) is 4.74 Å². The molecule has 122 valence electrons. The fraction of sp³-hybridized carbons (Fsp3) is 0.176. The van der Waals surface area contributed by atoms with Crippen molar-refractivity contribution in [2.75, 3.05) is 0 Å². The smallest absolute Gasteiger partial charge is 0.269 e. The van der Waals surface area contributed by atoms with E-state index in [2.05, 4.69) is 0 Å². The van der Waals surface area contributed by atoms with E-state index in [0.29, 0.717) is 16.9 Å². The van der Waals surface area contributed by atoms with Gasteiger partial charge in [0, 0.05) is 19.1 Å². The number of carbonyl (C=O) groups excluding carboxylic acids is 2. The highest BCUT2D eigenvalue weighted by Gasteiger charge is 2.39. The Morgan fingerprint density at radius 2 is 1.83 bits per heavy atom. The molecule has 0 fully saturated rings. The number of ketones is 1.